The minimum absolute atomic E-state index is 0.0735. The number of thioether (sulfide) groups is 1. The van der Waals surface area contributed by atoms with E-state index in [-0.39, 0.29) is 12.4 Å². The topological polar surface area (TPSA) is 179 Å². The maximum atomic E-state index is 13.2. The first-order valence-corrected chi connectivity index (χ1v) is 14.7. The Morgan fingerprint density at radius 2 is 1.39 bits per heavy atom. The van der Waals surface area contributed by atoms with Crippen LogP contribution in [0.2, 0.25) is 0 Å². The maximum absolute atomic E-state index is 13.2. The van der Waals surface area contributed by atoms with Gasteiger partial charge in [-0.25, -0.2) is 9.59 Å². The maximum Gasteiger partial charge on any atom is 0.408 e. The second-order valence-corrected chi connectivity index (χ2v) is 11.8. The van der Waals surface area contributed by atoms with Crippen molar-refractivity contribution in [2.75, 3.05) is 12.4 Å². The average Bonchev–Trinajstić information content (AvgIpc) is 2.90. The predicted molar refractivity (Wildman–Crippen MR) is 154 cm³/mol. The molecule has 1 aliphatic heterocycles. The van der Waals surface area contributed by atoms with Gasteiger partial charge < -0.3 is 38.5 Å². The molecule has 0 bridgehead atoms. The zero-order valence-corrected chi connectivity index (χ0v) is 26.5. The van der Waals surface area contributed by atoms with Crippen LogP contribution >= 0.6 is 11.8 Å². The van der Waals surface area contributed by atoms with Gasteiger partial charge in [0.25, 0.3) is 0 Å². The molecule has 0 aromatic heterocycles. The fourth-order valence-corrected chi connectivity index (χ4v) is 5.18. The van der Waals surface area contributed by atoms with Crippen molar-refractivity contribution in [3.8, 4) is 0 Å². The fraction of sp³-hybridized carbons (Fsp3) is 0.586. The lowest BCUT2D eigenvalue weighted by atomic mass is 9.99. The van der Waals surface area contributed by atoms with Crippen LogP contribution in [0.15, 0.2) is 30.3 Å². The summed E-state index contributed by atoms with van der Waals surface area (Å²) in [5.74, 6) is -3.96. The molecule has 1 heterocycles. The minimum Gasteiger partial charge on any atom is -0.463 e. The first-order chi connectivity index (χ1) is 20.6. The third-order valence-electron chi connectivity index (χ3n) is 5.57. The molecule has 1 aromatic carbocycles. The van der Waals surface area contributed by atoms with Crippen LogP contribution in [-0.2, 0) is 63.7 Å². The van der Waals surface area contributed by atoms with E-state index in [0.717, 1.165) is 39.5 Å². The molecule has 0 aliphatic carbocycles. The van der Waals surface area contributed by atoms with Crippen molar-refractivity contribution in [2.45, 2.75) is 96.6 Å². The third kappa shape index (κ3) is 12.8. The van der Waals surface area contributed by atoms with Crippen LogP contribution in [0.1, 0.15) is 54.0 Å². The molecule has 1 aromatic rings. The Kier molecular flexibility index (Phi) is 13.9. The first kappa shape index (κ1) is 36.3. The lowest BCUT2D eigenvalue weighted by Gasteiger charge is -2.44. The lowest BCUT2D eigenvalue weighted by molar-refractivity contribution is -0.237. The van der Waals surface area contributed by atoms with Crippen molar-refractivity contribution >= 4 is 47.7 Å². The van der Waals surface area contributed by atoms with Crippen LogP contribution in [0.4, 0.5) is 4.79 Å². The fourth-order valence-electron chi connectivity index (χ4n) is 3.96. The minimum atomic E-state index is -1.38. The average molecular weight is 642 g/mol. The Morgan fingerprint density at radius 3 is 1.93 bits per heavy atom. The van der Waals surface area contributed by atoms with Gasteiger partial charge in [-0.3, -0.25) is 19.2 Å². The van der Waals surface area contributed by atoms with Gasteiger partial charge in [0.2, 0.25) is 0 Å². The van der Waals surface area contributed by atoms with Gasteiger partial charge in [0.05, 0.1) is 0 Å². The molecule has 44 heavy (non-hydrogen) atoms. The van der Waals surface area contributed by atoms with Gasteiger partial charge in [-0.1, -0.05) is 30.3 Å². The largest absolute Gasteiger partial charge is 0.463 e. The van der Waals surface area contributed by atoms with Crippen molar-refractivity contribution in [1.82, 2.24) is 5.32 Å². The number of alkyl carbamates (subject to hydrolysis) is 1. The summed E-state index contributed by atoms with van der Waals surface area (Å²) in [5, 5.41) is 2.49. The summed E-state index contributed by atoms with van der Waals surface area (Å²) in [4.78, 5) is 73.5. The van der Waals surface area contributed by atoms with E-state index in [0.29, 0.717) is 5.56 Å². The molecule has 244 valence electrons. The smallest absolute Gasteiger partial charge is 0.408 e. The molecule has 1 aliphatic rings. The molecule has 1 N–H and O–H groups in total. The molecule has 6 atom stereocenters. The Balaban J connectivity index is 2.37. The zero-order chi connectivity index (χ0) is 33.0. The van der Waals surface area contributed by atoms with E-state index in [9.17, 15) is 28.8 Å². The van der Waals surface area contributed by atoms with Crippen molar-refractivity contribution in [1.29, 1.82) is 0 Å². The SMILES string of the molecule is CC(=O)OC[C@H]1O[C@@H](SC[C@H](NC(=O)OC(C)(C)C)C(=O)OCc2ccccc2)[C@H](OC(C)=O)[C@@H](OC(C)=O)[C@H]1OC(C)=O. The summed E-state index contributed by atoms with van der Waals surface area (Å²) >= 11 is 0.912. The molecule has 1 amide bonds. The number of rotatable bonds is 12. The summed E-state index contributed by atoms with van der Waals surface area (Å²) in [7, 11) is 0. The summed E-state index contributed by atoms with van der Waals surface area (Å²) in [6, 6.07) is 7.61. The van der Waals surface area contributed by atoms with E-state index in [1.165, 1.54) is 0 Å². The van der Waals surface area contributed by atoms with Crippen molar-refractivity contribution in [3.63, 3.8) is 0 Å². The quantitative estimate of drug-likeness (QED) is 0.260. The molecular formula is C29H39NO13S. The number of benzene rings is 1. The second kappa shape index (κ2) is 16.9. The second-order valence-electron chi connectivity index (χ2n) is 10.7. The number of hydrogen-bond donors (Lipinski definition) is 1. The molecule has 0 unspecified atom stereocenters. The number of carbonyl (C=O) groups is 6. The van der Waals surface area contributed by atoms with Gasteiger partial charge in [-0.2, -0.15) is 0 Å². The van der Waals surface area contributed by atoms with Gasteiger partial charge in [0, 0.05) is 33.4 Å². The van der Waals surface area contributed by atoms with E-state index < -0.39 is 84.0 Å². The highest BCUT2D eigenvalue weighted by atomic mass is 32.2. The monoisotopic (exact) mass is 641 g/mol. The number of esters is 5. The van der Waals surface area contributed by atoms with Crippen LogP contribution in [0.5, 0.6) is 0 Å². The Bertz CT molecular complexity index is 1170. The van der Waals surface area contributed by atoms with E-state index in [2.05, 4.69) is 5.32 Å². The molecule has 15 heteroatoms. The van der Waals surface area contributed by atoms with Crippen molar-refractivity contribution in [3.05, 3.63) is 35.9 Å². The highest BCUT2D eigenvalue weighted by molar-refractivity contribution is 7.99. The number of carbonyl (C=O) groups excluding carboxylic acids is 6. The van der Waals surface area contributed by atoms with Crippen LogP contribution in [-0.4, -0.2) is 89.8 Å². The Labute approximate surface area is 259 Å². The van der Waals surface area contributed by atoms with E-state index in [1.54, 1.807) is 45.0 Å². The summed E-state index contributed by atoms with van der Waals surface area (Å²) < 4.78 is 38.2. The standard InChI is InChI=1S/C29H39NO13S/c1-16(31)37-14-22-23(39-17(2)32)24(40-18(3)33)25(41-19(4)34)27(42-22)44-15-21(30-28(36)43-29(5,6)7)26(35)38-13-20-11-9-8-10-12-20/h8-12,21-25,27H,13-15H2,1-7H3,(H,30,36)/t21-,22+,23-,24-,25+,27-/m0/s1. The van der Waals surface area contributed by atoms with Gasteiger partial charge in [-0.05, 0) is 26.3 Å². The summed E-state index contributed by atoms with van der Waals surface area (Å²) in [5.41, 5.74) is -1.32. The molecule has 0 saturated carbocycles. The van der Waals surface area contributed by atoms with Crippen LogP contribution < -0.4 is 5.32 Å². The highest BCUT2D eigenvalue weighted by Crippen LogP contribution is 2.35. The molecular weight excluding hydrogens is 602 g/mol. The molecule has 0 spiro atoms. The van der Waals surface area contributed by atoms with Crippen LogP contribution in [0.3, 0.4) is 0 Å². The lowest BCUT2D eigenvalue weighted by Crippen LogP contribution is -2.61. The zero-order valence-electron chi connectivity index (χ0n) is 25.7. The van der Waals surface area contributed by atoms with Gasteiger partial charge in [-0.15, -0.1) is 11.8 Å². The number of nitrogens with one attached hydrogen (secondary N) is 1. The van der Waals surface area contributed by atoms with E-state index in [4.69, 9.17) is 33.2 Å². The number of amides is 1. The van der Waals surface area contributed by atoms with E-state index >= 15 is 0 Å². The third-order valence-corrected chi connectivity index (χ3v) is 6.81. The molecule has 1 saturated heterocycles. The summed E-state index contributed by atoms with van der Waals surface area (Å²) in [6.07, 6.45) is -6.11. The predicted octanol–water partition coefficient (Wildman–Crippen LogP) is 2.44. The summed E-state index contributed by atoms with van der Waals surface area (Å²) in [6.45, 7) is 8.98. The van der Waals surface area contributed by atoms with Crippen molar-refractivity contribution < 1.29 is 61.9 Å². The van der Waals surface area contributed by atoms with Crippen LogP contribution in [0.25, 0.3) is 0 Å². The van der Waals surface area contributed by atoms with Gasteiger partial charge in [0.1, 0.15) is 36.4 Å². The van der Waals surface area contributed by atoms with Crippen molar-refractivity contribution in [2.24, 2.45) is 0 Å². The number of hydrogen-bond acceptors (Lipinski definition) is 14. The molecule has 2 rings (SSSR count). The number of ether oxygens (including phenoxy) is 7. The van der Waals surface area contributed by atoms with Crippen LogP contribution in [0, 0.1) is 0 Å². The molecule has 14 nitrogen and oxygen atoms in total. The van der Waals surface area contributed by atoms with Gasteiger partial charge in [0.15, 0.2) is 18.3 Å². The molecule has 0 radical (unpaired) electrons. The van der Waals surface area contributed by atoms with Gasteiger partial charge >= 0.3 is 35.9 Å². The van der Waals surface area contributed by atoms with E-state index in [1.807, 2.05) is 6.07 Å². The Hall–Kier alpha value is -3.85. The molecule has 1 fully saturated rings. The first-order valence-electron chi connectivity index (χ1n) is 13.7. The Morgan fingerprint density at radius 1 is 0.818 bits per heavy atom. The highest BCUT2D eigenvalue weighted by Gasteiger charge is 2.52. The normalized spacial score (nSPS) is 22.0.